The first kappa shape index (κ1) is 15.3. The highest BCUT2D eigenvalue weighted by atomic mass is 16.4. The lowest BCUT2D eigenvalue weighted by atomic mass is 9.99. The molecule has 1 aromatic carbocycles. The van der Waals surface area contributed by atoms with E-state index in [1.165, 1.54) is 0 Å². The summed E-state index contributed by atoms with van der Waals surface area (Å²) in [6, 6.07) is 7.97. The Morgan fingerprint density at radius 2 is 1.63 bits per heavy atom. The minimum Gasteiger partial charge on any atom is -0.480 e. The SMILES string of the molecule is NC(CCC[C@H](N)C(=O)O)C(=O)Cc1ccccc1. The van der Waals surface area contributed by atoms with Crippen LogP contribution >= 0.6 is 0 Å². The average Bonchev–Trinajstić information content (AvgIpc) is 2.39. The van der Waals surface area contributed by atoms with Crippen molar-refractivity contribution >= 4 is 11.8 Å². The van der Waals surface area contributed by atoms with E-state index in [-0.39, 0.29) is 5.78 Å². The number of nitrogens with two attached hydrogens (primary N) is 2. The first-order valence-electron chi connectivity index (χ1n) is 6.31. The number of carboxylic acids is 1. The molecule has 5 nitrogen and oxygen atoms in total. The van der Waals surface area contributed by atoms with E-state index < -0.39 is 18.1 Å². The van der Waals surface area contributed by atoms with Crippen LogP contribution in [0.1, 0.15) is 24.8 Å². The molecule has 0 saturated heterocycles. The standard InChI is InChI=1S/C14H20N2O3/c15-11(7-4-8-12(16)14(18)19)13(17)9-10-5-2-1-3-6-10/h1-3,5-6,11-12H,4,7-9,15-16H2,(H,18,19)/t11?,12-/m0/s1. The van der Waals surface area contributed by atoms with Crippen LogP contribution in [-0.2, 0) is 16.0 Å². The Morgan fingerprint density at radius 1 is 1.05 bits per heavy atom. The Bertz CT molecular complexity index is 420. The van der Waals surface area contributed by atoms with Crippen molar-refractivity contribution in [2.45, 2.75) is 37.8 Å². The van der Waals surface area contributed by atoms with Gasteiger partial charge in [-0.15, -0.1) is 0 Å². The fraction of sp³-hybridized carbons (Fsp3) is 0.429. The summed E-state index contributed by atoms with van der Waals surface area (Å²) in [6.07, 6.45) is 1.65. The number of Topliss-reactive ketones (excluding diaryl/α,β-unsaturated/α-hetero) is 1. The van der Waals surface area contributed by atoms with Gasteiger partial charge in [0, 0.05) is 6.42 Å². The molecule has 0 heterocycles. The molecule has 5 heteroatoms. The first-order chi connectivity index (χ1) is 9.00. The molecule has 5 N–H and O–H groups in total. The molecule has 0 amide bonds. The lowest BCUT2D eigenvalue weighted by molar-refractivity contribution is -0.138. The number of hydrogen-bond acceptors (Lipinski definition) is 4. The van der Waals surface area contributed by atoms with Crippen LogP contribution in [0, 0.1) is 0 Å². The number of hydrogen-bond donors (Lipinski definition) is 3. The third-order valence-electron chi connectivity index (χ3n) is 2.98. The first-order valence-corrected chi connectivity index (χ1v) is 6.31. The molecule has 1 rings (SSSR count). The molecule has 0 aliphatic carbocycles. The van der Waals surface area contributed by atoms with Gasteiger partial charge in [0.2, 0.25) is 0 Å². The third kappa shape index (κ3) is 5.63. The summed E-state index contributed by atoms with van der Waals surface area (Å²) < 4.78 is 0. The summed E-state index contributed by atoms with van der Waals surface area (Å²) in [6.45, 7) is 0. The fourth-order valence-corrected chi connectivity index (χ4v) is 1.77. The van der Waals surface area contributed by atoms with Gasteiger partial charge in [-0.3, -0.25) is 9.59 Å². The predicted octanol–water partition coefficient (Wildman–Crippen LogP) is 0.708. The largest absolute Gasteiger partial charge is 0.480 e. The maximum atomic E-state index is 11.8. The lowest BCUT2D eigenvalue weighted by Crippen LogP contribution is -2.34. The number of carbonyl (C=O) groups is 2. The van der Waals surface area contributed by atoms with Crippen LogP contribution in [0.3, 0.4) is 0 Å². The number of rotatable bonds is 8. The van der Waals surface area contributed by atoms with Crippen molar-refractivity contribution in [3.8, 4) is 0 Å². The molecule has 0 bridgehead atoms. The van der Waals surface area contributed by atoms with Crippen molar-refractivity contribution in [2.75, 3.05) is 0 Å². The zero-order chi connectivity index (χ0) is 14.3. The molecule has 0 aliphatic rings. The van der Waals surface area contributed by atoms with Crippen LogP contribution in [-0.4, -0.2) is 28.9 Å². The highest BCUT2D eigenvalue weighted by molar-refractivity contribution is 5.85. The Balaban J connectivity index is 2.31. The molecule has 1 unspecified atom stereocenters. The molecule has 0 saturated carbocycles. The predicted molar refractivity (Wildman–Crippen MR) is 72.6 cm³/mol. The molecular formula is C14H20N2O3. The minimum atomic E-state index is -1.02. The second-order valence-corrected chi connectivity index (χ2v) is 4.61. The third-order valence-corrected chi connectivity index (χ3v) is 2.98. The second kappa shape index (κ2) is 7.66. The molecule has 0 aromatic heterocycles. The summed E-state index contributed by atoms with van der Waals surface area (Å²) >= 11 is 0. The van der Waals surface area contributed by atoms with Gasteiger partial charge in [-0.25, -0.2) is 0 Å². The topological polar surface area (TPSA) is 106 Å². The summed E-state index contributed by atoms with van der Waals surface area (Å²) in [4.78, 5) is 22.4. The Morgan fingerprint density at radius 3 is 2.21 bits per heavy atom. The highest BCUT2D eigenvalue weighted by Crippen LogP contribution is 2.07. The summed E-state index contributed by atoms with van der Waals surface area (Å²) in [5, 5.41) is 8.63. The van der Waals surface area contributed by atoms with Crippen LogP contribution < -0.4 is 11.5 Å². The zero-order valence-corrected chi connectivity index (χ0v) is 10.8. The van der Waals surface area contributed by atoms with Crippen LogP contribution in [0.2, 0.25) is 0 Å². The second-order valence-electron chi connectivity index (χ2n) is 4.61. The van der Waals surface area contributed by atoms with Crippen molar-refractivity contribution in [1.82, 2.24) is 0 Å². The van der Waals surface area contributed by atoms with Gasteiger partial charge >= 0.3 is 5.97 Å². The van der Waals surface area contributed by atoms with Crippen molar-refractivity contribution in [1.29, 1.82) is 0 Å². The van der Waals surface area contributed by atoms with Crippen LogP contribution in [0.15, 0.2) is 30.3 Å². The van der Waals surface area contributed by atoms with E-state index in [9.17, 15) is 9.59 Å². The van der Waals surface area contributed by atoms with Crippen LogP contribution in [0.4, 0.5) is 0 Å². The van der Waals surface area contributed by atoms with E-state index in [1.54, 1.807) is 0 Å². The number of carboxylic acid groups (broad SMARTS) is 1. The van der Waals surface area contributed by atoms with E-state index in [0.717, 1.165) is 5.56 Å². The molecule has 2 atom stereocenters. The molecule has 0 spiro atoms. The molecule has 0 fully saturated rings. The van der Waals surface area contributed by atoms with Crippen LogP contribution in [0.25, 0.3) is 0 Å². The Kier molecular flexibility index (Phi) is 6.18. The zero-order valence-electron chi connectivity index (χ0n) is 10.8. The molecular weight excluding hydrogens is 244 g/mol. The van der Waals surface area contributed by atoms with Crippen molar-refractivity contribution < 1.29 is 14.7 Å². The number of ketones is 1. The monoisotopic (exact) mass is 264 g/mol. The Labute approximate surface area is 112 Å². The van der Waals surface area contributed by atoms with Gasteiger partial charge in [0.05, 0.1) is 6.04 Å². The molecule has 0 radical (unpaired) electrons. The molecule has 1 aromatic rings. The number of carbonyl (C=O) groups excluding carboxylic acids is 1. The number of benzene rings is 1. The van der Waals surface area contributed by atoms with E-state index >= 15 is 0 Å². The van der Waals surface area contributed by atoms with Gasteiger partial charge in [-0.05, 0) is 24.8 Å². The van der Waals surface area contributed by atoms with E-state index in [1.807, 2.05) is 30.3 Å². The fourth-order valence-electron chi connectivity index (χ4n) is 1.77. The van der Waals surface area contributed by atoms with Gasteiger partial charge in [-0.1, -0.05) is 30.3 Å². The smallest absolute Gasteiger partial charge is 0.320 e. The maximum absolute atomic E-state index is 11.8. The van der Waals surface area contributed by atoms with Crippen molar-refractivity contribution in [3.05, 3.63) is 35.9 Å². The van der Waals surface area contributed by atoms with Crippen molar-refractivity contribution in [3.63, 3.8) is 0 Å². The highest BCUT2D eigenvalue weighted by Gasteiger charge is 2.16. The summed E-state index contributed by atoms with van der Waals surface area (Å²) in [7, 11) is 0. The molecule has 104 valence electrons. The van der Waals surface area contributed by atoms with Crippen molar-refractivity contribution in [2.24, 2.45) is 11.5 Å². The van der Waals surface area contributed by atoms with Gasteiger partial charge in [0.25, 0.3) is 0 Å². The Hall–Kier alpha value is -1.72. The van der Waals surface area contributed by atoms with Crippen LogP contribution in [0.5, 0.6) is 0 Å². The minimum absolute atomic E-state index is 0.0323. The van der Waals surface area contributed by atoms with E-state index in [4.69, 9.17) is 16.6 Å². The van der Waals surface area contributed by atoms with E-state index in [0.29, 0.717) is 25.7 Å². The van der Waals surface area contributed by atoms with Gasteiger partial charge in [0.1, 0.15) is 6.04 Å². The number of aliphatic carboxylic acids is 1. The summed E-state index contributed by atoms with van der Waals surface area (Å²) in [5.41, 5.74) is 12.1. The van der Waals surface area contributed by atoms with Gasteiger partial charge in [-0.2, -0.15) is 0 Å². The summed E-state index contributed by atoms with van der Waals surface area (Å²) in [5.74, 6) is -1.06. The van der Waals surface area contributed by atoms with Gasteiger partial charge < -0.3 is 16.6 Å². The normalized spacial score (nSPS) is 13.8. The quantitative estimate of drug-likeness (QED) is 0.641. The van der Waals surface area contributed by atoms with E-state index in [2.05, 4.69) is 0 Å². The molecule has 19 heavy (non-hydrogen) atoms. The average molecular weight is 264 g/mol. The lowest BCUT2D eigenvalue weighted by Gasteiger charge is -2.11. The van der Waals surface area contributed by atoms with Gasteiger partial charge in [0.15, 0.2) is 5.78 Å². The molecule has 0 aliphatic heterocycles. The maximum Gasteiger partial charge on any atom is 0.320 e.